The lowest BCUT2D eigenvalue weighted by Gasteiger charge is -2.34. The molecule has 2 atom stereocenters. The zero-order valence-corrected chi connectivity index (χ0v) is 23.9. The van der Waals surface area contributed by atoms with Crippen LogP contribution in [0.5, 0.6) is 0 Å². The minimum absolute atomic E-state index is 0.191. The highest BCUT2D eigenvalue weighted by molar-refractivity contribution is 6.02. The molecule has 2 unspecified atom stereocenters. The van der Waals surface area contributed by atoms with Gasteiger partial charge in [0.2, 0.25) is 11.2 Å². The molecule has 258 valence electrons. The summed E-state index contributed by atoms with van der Waals surface area (Å²) in [6, 6.07) is 6.94. The number of carbonyl (C=O) groups is 3. The van der Waals surface area contributed by atoms with E-state index in [1.807, 2.05) is 0 Å². The molecule has 5 N–H and O–H groups in total. The van der Waals surface area contributed by atoms with Crippen LogP contribution in [0, 0.1) is 0 Å². The van der Waals surface area contributed by atoms with Gasteiger partial charge in [0.25, 0.3) is 11.8 Å². The third-order valence-corrected chi connectivity index (χ3v) is 6.50. The van der Waals surface area contributed by atoms with E-state index in [0.717, 1.165) is 12.2 Å². The number of rotatable bonds is 13. The molecule has 0 aliphatic heterocycles. The number of amides is 3. The first-order valence-corrected chi connectivity index (χ1v) is 13.1. The van der Waals surface area contributed by atoms with E-state index in [1.165, 1.54) is 40.4 Å². The highest BCUT2D eigenvalue weighted by atomic mass is 19.4. The van der Waals surface area contributed by atoms with Crippen LogP contribution in [0.4, 0.5) is 50.0 Å². The van der Waals surface area contributed by atoms with E-state index >= 15 is 0 Å². The number of aromatic nitrogens is 1. The molecule has 0 saturated carbocycles. The number of hydrogen-bond acceptors (Lipinski definition) is 6. The van der Waals surface area contributed by atoms with Gasteiger partial charge in [-0.25, -0.2) is 9.78 Å². The lowest BCUT2D eigenvalue weighted by Crippen LogP contribution is -2.61. The number of nitrogens with one attached hydrogen (secondary N) is 3. The molecular formula is C28H27F9N4O6. The number of halogens is 9. The van der Waals surface area contributed by atoms with Crippen molar-refractivity contribution in [3.05, 3.63) is 84.2 Å². The average Bonchev–Trinajstić information content (AvgIpc) is 2.97. The number of allylic oxidation sites excluding steroid dienone is 2. The minimum Gasteiger partial charge on any atom is -0.465 e. The van der Waals surface area contributed by atoms with E-state index in [4.69, 9.17) is 9.84 Å². The Hall–Kier alpha value is -4.65. The van der Waals surface area contributed by atoms with Gasteiger partial charge in [0.1, 0.15) is 0 Å². The van der Waals surface area contributed by atoms with E-state index in [1.54, 1.807) is 6.07 Å². The maximum atomic E-state index is 14.4. The lowest BCUT2D eigenvalue weighted by molar-refractivity contribution is -0.273. The maximum Gasteiger partial charge on any atom is 0.426 e. The zero-order valence-electron chi connectivity index (χ0n) is 23.9. The van der Waals surface area contributed by atoms with Gasteiger partial charge in [0.15, 0.2) is 5.69 Å². The fraction of sp³-hybridized carbons (Fsp3) is 0.357. The highest BCUT2D eigenvalue weighted by Gasteiger charge is 2.62. The van der Waals surface area contributed by atoms with Gasteiger partial charge in [-0.05, 0) is 37.3 Å². The second kappa shape index (κ2) is 14.8. The van der Waals surface area contributed by atoms with Gasteiger partial charge in [-0.2, -0.15) is 39.5 Å². The SMILES string of the molecule is C=CCCC(OCc1ccccc1)(C(=O)NNC(=O)c1nc(C(O)(CCC=C)C(F)(F)F)c(C(F)(F)F)cc1NC(=O)O)C(F)(F)F. The molecule has 47 heavy (non-hydrogen) atoms. The number of aliphatic hydroxyl groups is 1. The lowest BCUT2D eigenvalue weighted by atomic mass is 9.88. The van der Waals surface area contributed by atoms with E-state index in [0.29, 0.717) is 0 Å². The van der Waals surface area contributed by atoms with Crippen molar-refractivity contribution in [3.8, 4) is 0 Å². The van der Waals surface area contributed by atoms with E-state index < -0.39 is 103 Å². The van der Waals surface area contributed by atoms with E-state index in [9.17, 15) is 59.0 Å². The number of carbonyl (C=O) groups excluding carboxylic acids is 2. The Kier molecular flexibility index (Phi) is 12.2. The first kappa shape index (κ1) is 38.5. The van der Waals surface area contributed by atoms with Crippen molar-refractivity contribution in [1.82, 2.24) is 15.8 Å². The molecule has 3 amide bonds. The molecule has 1 aromatic carbocycles. The van der Waals surface area contributed by atoms with Gasteiger partial charge in [0, 0.05) is 0 Å². The average molecular weight is 687 g/mol. The Bertz CT molecular complexity index is 1470. The van der Waals surface area contributed by atoms with Crippen molar-refractivity contribution in [2.75, 3.05) is 5.32 Å². The molecule has 0 saturated heterocycles. The van der Waals surface area contributed by atoms with Crippen LogP contribution in [-0.2, 0) is 27.9 Å². The molecule has 2 aromatic rings. The van der Waals surface area contributed by atoms with Crippen LogP contribution in [-0.4, -0.2) is 51.1 Å². The van der Waals surface area contributed by atoms with Crippen molar-refractivity contribution < 1.29 is 68.8 Å². The molecule has 0 bridgehead atoms. The number of pyridine rings is 1. The highest BCUT2D eigenvalue weighted by Crippen LogP contribution is 2.47. The second-order valence-corrected chi connectivity index (χ2v) is 9.73. The molecular weight excluding hydrogens is 659 g/mol. The second-order valence-electron chi connectivity index (χ2n) is 9.73. The summed E-state index contributed by atoms with van der Waals surface area (Å²) in [4.78, 5) is 40.3. The summed E-state index contributed by atoms with van der Waals surface area (Å²) in [6.07, 6.45) is -21.1. The molecule has 0 aliphatic carbocycles. The summed E-state index contributed by atoms with van der Waals surface area (Å²) in [5, 5.41) is 20.9. The summed E-state index contributed by atoms with van der Waals surface area (Å²) >= 11 is 0. The molecule has 2 rings (SSSR count). The Balaban J connectivity index is 2.66. The van der Waals surface area contributed by atoms with Crippen LogP contribution in [0.1, 0.15) is 53.0 Å². The summed E-state index contributed by atoms with van der Waals surface area (Å²) in [7, 11) is 0. The van der Waals surface area contributed by atoms with Gasteiger partial charge < -0.3 is 14.9 Å². The number of anilines is 1. The molecule has 0 radical (unpaired) electrons. The zero-order chi connectivity index (χ0) is 35.8. The third kappa shape index (κ3) is 9.00. The molecule has 10 nitrogen and oxygen atoms in total. The van der Waals surface area contributed by atoms with Crippen LogP contribution in [0.2, 0.25) is 0 Å². The molecule has 0 fully saturated rings. The number of benzene rings is 1. The van der Waals surface area contributed by atoms with Crippen molar-refractivity contribution in [1.29, 1.82) is 0 Å². The quantitative estimate of drug-likeness (QED) is 0.0964. The van der Waals surface area contributed by atoms with Gasteiger partial charge in [-0.1, -0.05) is 42.5 Å². The smallest absolute Gasteiger partial charge is 0.426 e. The largest absolute Gasteiger partial charge is 0.465 e. The molecule has 0 aliphatic rings. The van der Waals surface area contributed by atoms with Crippen molar-refractivity contribution in [2.45, 2.75) is 62.0 Å². The number of carboxylic acid groups (broad SMARTS) is 1. The van der Waals surface area contributed by atoms with Gasteiger partial charge in [-0.15, -0.1) is 13.2 Å². The number of alkyl halides is 9. The van der Waals surface area contributed by atoms with Crippen LogP contribution >= 0.6 is 0 Å². The van der Waals surface area contributed by atoms with Crippen LogP contribution in [0.25, 0.3) is 0 Å². The maximum absolute atomic E-state index is 14.4. The number of nitrogens with zero attached hydrogens (tertiary/aromatic N) is 1. The van der Waals surface area contributed by atoms with Crippen LogP contribution in [0.3, 0.4) is 0 Å². The van der Waals surface area contributed by atoms with Gasteiger partial charge in [0.05, 0.1) is 23.6 Å². The molecule has 0 spiro atoms. The van der Waals surface area contributed by atoms with Crippen LogP contribution < -0.4 is 16.2 Å². The standard InChI is InChI=1S/C28H27F9N4O6/c1-3-5-12-24(46,27(32,33)34)20-17(26(29,30)31)14-18(38-23(44)45)19(39-20)21(42)40-41-22(43)25(13-6-4-2,28(35,36)37)47-15-16-10-8-7-9-11-16/h3-4,7-11,14,38,46H,1-2,5-6,12-13,15H2,(H,40,42)(H,41,43)(H,44,45). The first-order chi connectivity index (χ1) is 21.6. The Morgan fingerprint density at radius 3 is 1.94 bits per heavy atom. The number of hydrogen-bond donors (Lipinski definition) is 5. The van der Waals surface area contributed by atoms with Gasteiger partial charge >= 0.3 is 24.6 Å². The summed E-state index contributed by atoms with van der Waals surface area (Å²) in [5.74, 6) is -4.05. The predicted molar refractivity (Wildman–Crippen MR) is 145 cm³/mol. The normalized spacial score (nSPS) is 14.7. The predicted octanol–water partition coefficient (Wildman–Crippen LogP) is 6.15. The number of hydrazine groups is 1. The van der Waals surface area contributed by atoms with E-state index in [2.05, 4.69) is 18.1 Å². The van der Waals surface area contributed by atoms with Gasteiger partial charge in [-0.3, -0.25) is 25.8 Å². The van der Waals surface area contributed by atoms with E-state index in [-0.39, 0.29) is 11.6 Å². The monoisotopic (exact) mass is 686 g/mol. The third-order valence-electron chi connectivity index (χ3n) is 6.50. The first-order valence-electron chi connectivity index (χ1n) is 13.1. The van der Waals surface area contributed by atoms with Crippen LogP contribution in [0.15, 0.2) is 61.7 Å². The Labute approximate surface area is 260 Å². The summed E-state index contributed by atoms with van der Waals surface area (Å²) in [6.45, 7) is 5.64. The molecule has 19 heteroatoms. The van der Waals surface area contributed by atoms with Crippen molar-refractivity contribution in [2.24, 2.45) is 0 Å². The fourth-order valence-electron chi connectivity index (χ4n) is 4.10. The minimum atomic E-state index is -5.86. The molecule has 1 heterocycles. The van der Waals surface area contributed by atoms with Crippen molar-refractivity contribution in [3.63, 3.8) is 0 Å². The Morgan fingerprint density at radius 2 is 1.45 bits per heavy atom. The molecule has 1 aromatic heterocycles. The Morgan fingerprint density at radius 1 is 0.872 bits per heavy atom. The van der Waals surface area contributed by atoms with Crippen molar-refractivity contribution >= 4 is 23.6 Å². The topological polar surface area (TPSA) is 150 Å². The fourth-order valence-corrected chi connectivity index (χ4v) is 4.10. The summed E-state index contributed by atoms with van der Waals surface area (Å²) < 4.78 is 132. The number of ether oxygens (including phenoxy) is 1. The summed E-state index contributed by atoms with van der Waals surface area (Å²) in [5.41, 5.74) is -12.6.